The Morgan fingerprint density at radius 3 is 1.17 bits per heavy atom. The third kappa shape index (κ3) is 4.96. The summed E-state index contributed by atoms with van der Waals surface area (Å²) in [5.74, 6) is 0. The Morgan fingerprint density at radius 2 is 0.889 bits per heavy atom. The van der Waals surface area contributed by atoms with E-state index in [1.54, 1.807) is 6.07 Å². The fourth-order valence-electron chi connectivity index (χ4n) is 4.19. The summed E-state index contributed by atoms with van der Waals surface area (Å²) in [7, 11) is -4.75. The van der Waals surface area contributed by atoms with Crippen molar-refractivity contribution in [3.05, 3.63) is 99.1 Å². The van der Waals surface area contributed by atoms with Gasteiger partial charge in [0.25, 0.3) is 0 Å². The van der Waals surface area contributed by atoms with Gasteiger partial charge in [0.05, 0.1) is 39.6 Å². The van der Waals surface area contributed by atoms with Gasteiger partial charge in [-0.15, -0.1) is 0 Å². The first-order valence-corrected chi connectivity index (χ1v) is 12.7. The van der Waals surface area contributed by atoms with Gasteiger partial charge in [-0.3, -0.25) is 9.59 Å². The van der Waals surface area contributed by atoms with Crippen molar-refractivity contribution in [1.82, 2.24) is 0 Å². The lowest BCUT2D eigenvalue weighted by molar-refractivity contribution is 0.103. The quantitative estimate of drug-likeness (QED) is 0.206. The molecule has 6 N–H and O–H groups in total. The van der Waals surface area contributed by atoms with Crippen LogP contribution in [0.5, 0.6) is 0 Å². The van der Waals surface area contributed by atoms with Crippen LogP contribution in [0.15, 0.2) is 54.6 Å². The molecule has 0 fully saturated rings. The van der Waals surface area contributed by atoms with E-state index in [1.807, 2.05) is 0 Å². The zero-order valence-corrected chi connectivity index (χ0v) is 20.2. The minimum atomic E-state index is -4.75. The summed E-state index contributed by atoms with van der Waals surface area (Å²) in [4.78, 5) is 28.1. The summed E-state index contributed by atoms with van der Waals surface area (Å²) in [5, 5.41) is 58.7. The Balaban J connectivity index is 2.37. The van der Waals surface area contributed by atoms with Crippen molar-refractivity contribution in [2.75, 3.05) is 0 Å². The van der Waals surface area contributed by atoms with Gasteiger partial charge in [0.2, 0.25) is 18.2 Å². The van der Waals surface area contributed by atoms with E-state index in [4.69, 9.17) is 0 Å². The predicted octanol–water partition coefficient (Wildman–Crippen LogP) is 1.31. The molecule has 36 heavy (non-hydrogen) atoms. The Labute approximate surface area is 207 Å². The zero-order chi connectivity index (χ0) is 26.5. The predicted molar refractivity (Wildman–Crippen MR) is 131 cm³/mol. The Kier molecular flexibility index (Phi) is 9.05. The van der Waals surface area contributed by atoms with Crippen molar-refractivity contribution < 1.29 is 44.8 Å². The van der Waals surface area contributed by atoms with E-state index in [-0.39, 0.29) is 38.7 Å². The molecule has 0 heterocycles. The van der Waals surface area contributed by atoms with E-state index in [1.165, 1.54) is 48.5 Å². The number of aliphatic hydroxyl groups is 6. The Hall–Kier alpha value is -3.01. The molecule has 0 aliphatic rings. The summed E-state index contributed by atoms with van der Waals surface area (Å²) < 4.78 is 14.7. The van der Waals surface area contributed by atoms with E-state index in [9.17, 15) is 44.8 Å². The normalized spacial score (nSPS) is 11.5. The number of benzene rings is 3. The monoisotopic (exact) mass is 514 g/mol. The molecule has 0 aliphatic carbocycles. The maximum atomic E-state index is 14.7. The molecule has 0 saturated carbocycles. The van der Waals surface area contributed by atoms with Gasteiger partial charge < -0.3 is 35.2 Å². The lowest BCUT2D eigenvalue weighted by Crippen LogP contribution is -2.24. The van der Waals surface area contributed by atoms with Crippen LogP contribution in [0.2, 0.25) is 0 Å². The molecule has 0 atom stereocenters. The summed E-state index contributed by atoms with van der Waals surface area (Å²) in [6, 6.07) is 12.6. The number of carbonyl (C=O) groups excluding carboxylic acids is 2. The van der Waals surface area contributed by atoms with Crippen LogP contribution in [0.25, 0.3) is 0 Å². The first-order chi connectivity index (χ1) is 17.3. The van der Waals surface area contributed by atoms with Gasteiger partial charge in [0.1, 0.15) is 0 Å². The number of aliphatic hydroxyl groups excluding tert-OH is 6. The van der Waals surface area contributed by atoms with Crippen molar-refractivity contribution in [1.29, 1.82) is 0 Å². The van der Waals surface area contributed by atoms with Gasteiger partial charge in [0, 0.05) is 16.4 Å². The molecule has 0 aliphatic heterocycles. The van der Waals surface area contributed by atoms with Crippen LogP contribution >= 0.6 is 7.14 Å². The number of rotatable bonds is 11. The summed E-state index contributed by atoms with van der Waals surface area (Å²) in [6.45, 7) is -3.67. The fourth-order valence-corrected chi connectivity index (χ4v) is 6.64. The summed E-state index contributed by atoms with van der Waals surface area (Å²) in [6.07, 6.45) is 0. The lowest BCUT2D eigenvalue weighted by Gasteiger charge is -2.22. The third-order valence-electron chi connectivity index (χ3n) is 5.89. The second-order valence-electron chi connectivity index (χ2n) is 8.08. The van der Waals surface area contributed by atoms with Gasteiger partial charge in [-0.25, -0.2) is 0 Å². The molecule has 3 aromatic carbocycles. The zero-order valence-electron chi connectivity index (χ0n) is 19.3. The molecule has 9 nitrogen and oxygen atoms in total. The average molecular weight is 514 g/mol. The van der Waals surface area contributed by atoms with Crippen LogP contribution in [-0.2, 0) is 44.2 Å². The van der Waals surface area contributed by atoms with Crippen molar-refractivity contribution in [3.63, 3.8) is 0 Å². The minimum absolute atomic E-state index is 0.0278. The molecule has 0 radical (unpaired) electrons. The molecular weight excluding hydrogens is 487 g/mol. The Bertz CT molecular complexity index is 1190. The molecule has 0 amide bonds. The first-order valence-electron chi connectivity index (χ1n) is 11.0. The number of hydrogen-bond donors (Lipinski definition) is 6. The van der Waals surface area contributed by atoms with Gasteiger partial charge in [0.15, 0.2) is 0 Å². The first kappa shape index (κ1) is 27.6. The second kappa shape index (κ2) is 11.8. The number of hydrogen-bond acceptors (Lipinski definition) is 9. The topological polar surface area (TPSA) is 173 Å². The SMILES string of the molecule is O=C(c1c(CO)cc(CO)cc1CO)P(=O)(C(=O)c1c(CO)cc(CO)cc1CO)c1ccccc1. The molecule has 3 rings (SSSR count). The van der Waals surface area contributed by atoms with Crippen molar-refractivity contribution in [2.24, 2.45) is 0 Å². The highest BCUT2D eigenvalue weighted by atomic mass is 31.2. The standard InChI is InChI=1S/C26H27O9P/c27-10-16-6-18(12-29)23(19(7-16)13-30)25(33)36(35,22-4-2-1-3-5-22)26(34)24-20(14-31)8-17(11-28)9-21(24)15-32/h1-9,27-32H,10-15H2. The van der Waals surface area contributed by atoms with Crippen molar-refractivity contribution in [2.45, 2.75) is 39.6 Å². The van der Waals surface area contributed by atoms with E-state index in [2.05, 4.69) is 0 Å². The second-order valence-corrected chi connectivity index (χ2v) is 10.6. The van der Waals surface area contributed by atoms with Crippen LogP contribution in [0.3, 0.4) is 0 Å². The maximum absolute atomic E-state index is 14.7. The molecule has 0 saturated heterocycles. The van der Waals surface area contributed by atoms with E-state index >= 15 is 0 Å². The Morgan fingerprint density at radius 1 is 0.556 bits per heavy atom. The van der Waals surface area contributed by atoms with Gasteiger partial charge in [-0.05, 0) is 33.4 Å². The molecule has 0 aromatic heterocycles. The lowest BCUT2D eigenvalue weighted by atomic mass is 9.99. The molecule has 10 heteroatoms. The minimum Gasteiger partial charge on any atom is -0.392 e. The van der Waals surface area contributed by atoms with Crippen LogP contribution in [-0.4, -0.2) is 41.7 Å². The van der Waals surface area contributed by atoms with Gasteiger partial charge >= 0.3 is 0 Å². The molecule has 0 spiro atoms. The molecule has 0 unspecified atom stereocenters. The highest BCUT2D eigenvalue weighted by Crippen LogP contribution is 2.53. The molecular formula is C26H27O9P. The number of carbonyl (C=O) groups is 2. The van der Waals surface area contributed by atoms with Crippen LogP contribution in [0, 0.1) is 0 Å². The van der Waals surface area contributed by atoms with Crippen molar-refractivity contribution in [3.8, 4) is 0 Å². The highest BCUT2D eigenvalue weighted by molar-refractivity contribution is 8.01. The summed E-state index contributed by atoms with van der Waals surface area (Å²) in [5.41, 5.74) is -2.41. The largest absolute Gasteiger partial charge is 0.392 e. The molecule has 3 aromatic rings. The van der Waals surface area contributed by atoms with Crippen molar-refractivity contribution >= 4 is 23.5 Å². The smallest absolute Gasteiger partial charge is 0.248 e. The van der Waals surface area contributed by atoms with Gasteiger partial charge in [-0.2, -0.15) is 0 Å². The highest BCUT2D eigenvalue weighted by Gasteiger charge is 2.45. The molecule has 0 bridgehead atoms. The van der Waals surface area contributed by atoms with Crippen LogP contribution in [0.4, 0.5) is 0 Å². The average Bonchev–Trinajstić information content (AvgIpc) is 2.94. The van der Waals surface area contributed by atoms with E-state index in [0.717, 1.165) is 0 Å². The van der Waals surface area contributed by atoms with Gasteiger partial charge in [-0.1, -0.05) is 54.6 Å². The fraction of sp³-hybridized carbons (Fsp3) is 0.231. The van der Waals surface area contributed by atoms with E-state index < -0.39 is 57.8 Å². The summed E-state index contributed by atoms with van der Waals surface area (Å²) >= 11 is 0. The molecule has 190 valence electrons. The van der Waals surface area contributed by atoms with E-state index in [0.29, 0.717) is 11.1 Å². The van der Waals surface area contributed by atoms with Crippen LogP contribution < -0.4 is 5.30 Å². The third-order valence-corrected chi connectivity index (χ3v) is 8.51. The van der Waals surface area contributed by atoms with Crippen LogP contribution in [0.1, 0.15) is 54.1 Å². The maximum Gasteiger partial charge on any atom is 0.248 e.